The summed E-state index contributed by atoms with van der Waals surface area (Å²) in [5.74, 6) is 0.636. The lowest BCUT2D eigenvalue weighted by molar-refractivity contribution is 0.890. The van der Waals surface area contributed by atoms with Crippen molar-refractivity contribution in [1.82, 2.24) is 0 Å². The molecule has 0 fully saturated rings. The largest absolute Gasteiger partial charge is 0.141 e. The fourth-order valence-corrected chi connectivity index (χ4v) is 4.06. The third kappa shape index (κ3) is 1.57. The fourth-order valence-electron chi connectivity index (χ4n) is 2.01. The Morgan fingerprint density at radius 3 is 2.19 bits per heavy atom. The molecule has 0 radical (unpaired) electrons. The highest BCUT2D eigenvalue weighted by molar-refractivity contribution is 7.20. The molecule has 0 amide bonds. The first kappa shape index (κ1) is 10.3. The zero-order chi connectivity index (χ0) is 11.3. The third-order valence-corrected chi connectivity index (χ3v) is 5.28. The van der Waals surface area contributed by atoms with Crippen LogP contribution in [0.25, 0.3) is 20.2 Å². The quantitative estimate of drug-likeness (QED) is 0.528. The van der Waals surface area contributed by atoms with E-state index in [1.54, 1.807) is 0 Å². The number of hydrogen-bond donors (Lipinski definition) is 0. The van der Waals surface area contributed by atoms with Crippen molar-refractivity contribution < 1.29 is 0 Å². The zero-order valence-electron chi connectivity index (χ0n) is 9.70. The van der Waals surface area contributed by atoms with Crippen LogP contribution in [0.1, 0.15) is 29.5 Å². The van der Waals surface area contributed by atoms with Crippen molar-refractivity contribution in [2.75, 3.05) is 0 Å². The predicted molar refractivity (Wildman–Crippen MR) is 76.0 cm³/mol. The van der Waals surface area contributed by atoms with E-state index in [1.807, 2.05) is 22.7 Å². The molecule has 82 valence electrons. The van der Waals surface area contributed by atoms with Crippen molar-refractivity contribution in [3.8, 4) is 0 Å². The van der Waals surface area contributed by atoms with Gasteiger partial charge in [0.15, 0.2) is 0 Å². The van der Waals surface area contributed by atoms with E-state index in [0.29, 0.717) is 5.92 Å². The van der Waals surface area contributed by atoms with Gasteiger partial charge in [0.05, 0.1) is 0 Å². The molecule has 1 aromatic carbocycles. The first-order chi connectivity index (χ1) is 7.63. The van der Waals surface area contributed by atoms with Crippen LogP contribution in [-0.4, -0.2) is 0 Å². The summed E-state index contributed by atoms with van der Waals surface area (Å²) in [4.78, 5) is 2.89. The number of thiophene rings is 2. The standard InChI is InChI=1S/C14H14S2/c1-8(2)12-5-11-7-13-10(4-9(3)15-13)6-14(11)16-12/h4-8H,1-3H3. The van der Waals surface area contributed by atoms with E-state index in [9.17, 15) is 0 Å². The van der Waals surface area contributed by atoms with Crippen LogP contribution in [0.2, 0.25) is 0 Å². The van der Waals surface area contributed by atoms with E-state index in [2.05, 4.69) is 45.0 Å². The maximum absolute atomic E-state index is 2.35. The van der Waals surface area contributed by atoms with Gasteiger partial charge in [-0.3, -0.25) is 0 Å². The van der Waals surface area contributed by atoms with Crippen molar-refractivity contribution in [3.63, 3.8) is 0 Å². The van der Waals surface area contributed by atoms with Gasteiger partial charge in [-0.1, -0.05) is 13.8 Å². The minimum absolute atomic E-state index is 0.636. The maximum Gasteiger partial charge on any atom is 0.0352 e. The average Bonchev–Trinajstić information content (AvgIpc) is 2.74. The first-order valence-electron chi connectivity index (χ1n) is 5.57. The van der Waals surface area contributed by atoms with E-state index in [0.717, 1.165) is 0 Å². The Balaban J connectivity index is 2.31. The SMILES string of the molecule is Cc1cc2cc3sc(C(C)C)cc3cc2s1. The van der Waals surface area contributed by atoms with E-state index >= 15 is 0 Å². The molecule has 0 N–H and O–H groups in total. The van der Waals surface area contributed by atoms with Crippen molar-refractivity contribution in [2.45, 2.75) is 26.7 Å². The lowest BCUT2D eigenvalue weighted by Gasteiger charge is -1.96. The molecular formula is C14H14S2. The molecule has 0 atom stereocenters. The molecular weight excluding hydrogens is 232 g/mol. The smallest absolute Gasteiger partial charge is 0.0352 e. The van der Waals surface area contributed by atoms with Crippen LogP contribution in [0.3, 0.4) is 0 Å². The summed E-state index contributed by atoms with van der Waals surface area (Å²) < 4.78 is 2.84. The van der Waals surface area contributed by atoms with Crippen LogP contribution in [0.5, 0.6) is 0 Å². The molecule has 0 saturated carbocycles. The normalized spacial score (nSPS) is 12.0. The second kappa shape index (κ2) is 3.57. The second-order valence-electron chi connectivity index (χ2n) is 4.59. The summed E-state index contributed by atoms with van der Waals surface area (Å²) in [5.41, 5.74) is 0. The zero-order valence-corrected chi connectivity index (χ0v) is 11.3. The highest BCUT2D eigenvalue weighted by Gasteiger charge is 2.07. The third-order valence-electron chi connectivity index (χ3n) is 2.87. The Hall–Kier alpha value is -0.860. The average molecular weight is 246 g/mol. The molecule has 0 aliphatic heterocycles. The van der Waals surface area contributed by atoms with Crippen molar-refractivity contribution >= 4 is 42.8 Å². The lowest BCUT2D eigenvalue weighted by Crippen LogP contribution is -1.77. The first-order valence-corrected chi connectivity index (χ1v) is 7.20. The molecule has 0 nitrogen and oxygen atoms in total. The number of benzene rings is 1. The molecule has 2 heterocycles. The van der Waals surface area contributed by atoms with Crippen LogP contribution in [0.4, 0.5) is 0 Å². The van der Waals surface area contributed by atoms with Gasteiger partial charge in [0.2, 0.25) is 0 Å². The van der Waals surface area contributed by atoms with Gasteiger partial charge in [-0.25, -0.2) is 0 Å². The van der Waals surface area contributed by atoms with Gasteiger partial charge in [0.25, 0.3) is 0 Å². The Bertz CT molecular complexity index is 605. The van der Waals surface area contributed by atoms with Crippen molar-refractivity contribution in [2.24, 2.45) is 0 Å². The highest BCUT2D eigenvalue weighted by Crippen LogP contribution is 2.36. The van der Waals surface area contributed by atoms with Gasteiger partial charge >= 0.3 is 0 Å². The van der Waals surface area contributed by atoms with Gasteiger partial charge < -0.3 is 0 Å². The molecule has 3 aromatic rings. The monoisotopic (exact) mass is 246 g/mol. The number of fused-ring (bicyclic) bond motifs is 2. The molecule has 0 unspecified atom stereocenters. The lowest BCUT2D eigenvalue weighted by atomic mass is 10.1. The summed E-state index contributed by atoms with van der Waals surface area (Å²) in [5, 5.41) is 2.80. The molecule has 16 heavy (non-hydrogen) atoms. The highest BCUT2D eigenvalue weighted by atomic mass is 32.1. The maximum atomic E-state index is 2.35. The molecule has 0 aliphatic rings. The van der Waals surface area contributed by atoms with E-state index in [1.165, 1.54) is 29.9 Å². The second-order valence-corrected chi connectivity index (χ2v) is 6.99. The Morgan fingerprint density at radius 1 is 0.875 bits per heavy atom. The Labute approximate surface area is 104 Å². The summed E-state index contributed by atoms with van der Waals surface area (Å²) in [7, 11) is 0. The van der Waals surface area contributed by atoms with E-state index in [-0.39, 0.29) is 0 Å². The predicted octanol–water partition coefficient (Wildman–Crippen LogP) is 5.55. The van der Waals surface area contributed by atoms with E-state index in [4.69, 9.17) is 0 Å². The minimum atomic E-state index is 0.636. The molecule has 0 spiro atoms. The number of hydrogen-bond acceptors (Lipinski definition) is 2. The summed E-state index contributed by atoms with van der Waals surface area (Å²) in [6.07, 6.45) is 0. The van der Waals surface area contributed by atoms with Gasteiger partial charge in [0, 0.05) is 19.2 Å². The van der Waals surface area contributed by atoms with E-state index < -0.39 is 0 Å². The number of aryl methyl sites for hydroxylation is 1. The topological polar surface area (TPSA) is 0 Å². The summed E-state index contributed by atoms with van der Waals surface area (Å²) in [6.45, 7) is 6.70. The van der Waals surface area contributed by atoms with Gasteiger partial charge in [0.1, 0.15) is 0 Å². The van der Waals surface area contributed by atoms with Crippen LogP contribution >= 0.6 is 22.7 Å². The van der Waals surface area contributed by atoms with Gasteiger partial charge in [-0.05, 0) is 47.9 Å². The van der Waals surface area contributed by atoms with Crippen molar-refractivity contribution in [1.29, 1.82) is 0 Å². The van der Waals surface area contributed by atoms with Crippen LogP contribution in [0.15, 0.2) is 24.3 Å². The molecule has 0 aliphatic carbocycles. The molecule has 0 bridgehead atoms. The van der Waals surface area contributed by atoms with Crippen LogP contribution in [0, 0.1) is 6.92 Å². The molecule has 0 saturated heterocycles. The molecule has 2 aromatic heterocycles. The van der Waals surface area contributed by atoms with Crippen LogP contribution < -0.4 is 0 Å². The van der Waals surface area contributed by atoms with Crippen LogP contribution in [-0.2, 0) is 0 Å². The number of rotatable bonds is 1. The summed E-state index contributed by atoms with van der Waals surface area (Å²) in [6, 6.07) is 9.31. The fraction of sp³-hybridized carbons (Fsp3) is 0.286. The molecule has 3 rings (SSSR count). The van der Waals surface area contributed by atoms with Gasteiger partial charge in [-0.15, -0.1) is 22.7 Å². The minimum Gasteiger partial charge on any atom is -0.141 e. The molecule has 2 heteroatoms. The summed E-state index contributed by atoms with van der Waals surface area (Å²) >= 11 is 3.82. The Morgan fingerprint density at radius 2 is 1.50 bits per heavy atom. The Kier molecular flexibility index (Phi) is 2.30. The van der Waals surface area contributed by atoms with Crippen molar-refractivity contribution in [3.05, 3.63) is 34.0 Å². The van der Waals surface area contributed by atoms with Gasteiger partial charge in [-0.2, -0.15) is 0 Å².